The summed E-state index contributed by atoms with van der Waals surface area (Å²) in [5, 5.41) is 0. The van der Waals surface area contributed by atoms with Crippen LogP contribution in [0.2, 0.25) is 0 Å². The van der Waals surface area contributed by atoms with E-state index in [9.17, 15) is 14.4 Å². The van der Waals surface area contributed by atoms with E-state index in [1.807, 2.05) is 0 Å². The van der Waals surface area contributed by atoms with E-state index in [-0.39, 0.29) is 37.5 Å². The Morgan fingerprint density at radius 2 is 0.470 bits per heavy atom. The van der Waals surface area contributed by atoms with Crippen LogP contribution in [0.5, 0.6) is 0 Å². The van der Waals surface area contributed by atoms with Gasteiger partial charge in [-0.05, 0) is 148 Å². The van der Waals surface area contributed by atoms with E-state index in [2.05, 4.69) is 179 Å². The summed E-state index contributed by atoms with van der Waals surface area (Å²) in [5.74, 6) is -0.957. The van der Waals surface area contributed by atoms with Crippen molar-refractivity contribution in [1.29, 1.82) is 0 Å². The molecule has 0 saturated heterocycles. The van der Waals surface area contributed by atoms with Gasteiger partial charge in [0, 0.05) is 19.3 Å². The zero-order valence-corrected chi connectivity index (χ0v) is 53.7. The Hall–Kier alpha value is -4.97. The van der Waals surface area contributed by atoms with Crippen molar-refractivity contribution in [2.24, 2.45) is 0 Å². The number of hydrogen-bond donors (Lipinski definition) is 0. The molecule has 83 heavy (non-hydrogen) atoms. The normalized spacial score (nSPS) is 13.1. The Bertz CT molecular complexity index is 1840. The lowest BCUT2D eigenvalue weighted by Gasteiger charge is -2.18. The molecule has 0 aliphatic heterocycles. The molecule has 0 aliphatic rings. The number of unbranched alkanes of at least 4 members (excludes halogenated alkanes) is 23. The van der Waals surface area contributed by atoms with Crippen LogP contribution in [0.15, 0.2) is 158 Å². The zero-order chi connectivity index (χ0) is 59.9. The first-order valence-electron chi connectivity index (χ1n) is 34.0. The standard InChI is InChI=1S/C77H124O6/c1-4-7-10-13-16-19-22-25-28-31-34-35-36-37-38-39-40-41-44-46-49-52-55-58-61-64-67-70-76(79)82-73-74(83-77(80)71-68-65-62-59-56-53-50-47-43-33-30-27-24-21-18-15-12-9-6-3)72-81-75(78)69-66-63-60-57-54-51-48-45-42-32-29-26-23-20-17-14-11-8-5-2/h7,9-10,12,16,18-19,21,25-30,34-35,37-38,40-41,43,46-47,49,53,56,74H,4-6,8,11,13-15,17,20,22-24,31-33,36,39,42,44-45,48,50-52,54-55,57-73H2,1-3H3/b10-7-,12-9-,19-16-,21-18-,28-25-,29-26-,30-27-,35-34-,38-37-,41-40-,47-43-,49-46-,56-53-. The van der Waals surface area contributed by atoms with Crippen LogP contribution in [-0.2, 0) is 28.6 Å². The number of ether oxygens (including phenoxy) is 3. The van der Waals surface area contributed by atoms with E-state index in [1.165, 1.54) is 89.9 Å². The molecule has 0 heterocycles. The highest BCUT2D eigenvalue weighted by molar-refractivity contribution is 5.71. The van der Waals surface area contributed by atoms with Gasteiger partial charge in [0.1, 0.15) is 13.2 Å². The van der Waals surface area contributed by atoms with Gasteiger partial charge >= 0.3 is 17.9 Å². The van der Waals surface area contributed by atoms with Crippen molar-refractivity contribution in [3.8, 4) is 0 Å². The van der Waals surface area contributed by atoms with Crippen LogP contribution in [0.3, 0.4) is 0 Å². The van der Waals surface area contributed by atoms with E-state index in [1.54, 1.807) is 0 Å². The smallest absolute Gasteiger partial charge is 0.306 e. The van der Waals surface area contributed by atoms with Crippen molar-refractivity contribution in [2.45, 2.75) is 297 Å². The van der Waals surface area contributed by atoms with Gasteiger partial charge in [0.15, 0.2) is 6.10 Å². The third-order valence-electron chi connectivity index (χ3n) is 14.0. The van der Waals surface area contributed by atoms with Crippen molar-refractivity contribution in [1.82, 2.24) is 0 Å². The van der Waals surface area contributed by atoms with E-state index in [0.29, 0.717) is 19.3 Å². The number of rotatable bonds is 60. The van der Waals surface area contributed by atoms with E-state index in [0.717, 1.165) is 154 Å². The lowest BCUT2D eigenvalue weighted by atomic mass is 10.1. The largest absolute Gasteiger partial charge is 0.462 e. The molecule has 0 radical (unpaired) electrons. The number of carbonyl (C=O) groups excluding carboxylic acids is 3. The minimum atomic E-state index is -0.815. The predicted octanol–water partition coefficient (Wildman–Crippen LogP) is 23.7. The fourth-order valence-corrected chi connectivity index (χ4v) is 8.97. The molecule has 6 heteroatoms. The first-order valence-corrected chi connectivity index (χ1v) is 34.0. The molecular weight excluding hydrogens is 1020 g/mol. The molecule has 0 amide bonds. The maximum atomic E-state index is 12.9. The van der Waals surface area contributed by atoms with Gasteiger partial charge < -0.3 is 14.2 Å². The van der Waals surface area contributed by atoms with Crippen LogP contribution in [0.25, 0.3) is 0 Å². The number of hydrogen-bond acceptors (Lipinski definition) is 6. The first-order chi connectivity index (χ1) is 41.0. The van der Waals surface area contributed by atoms with Gasteiger partial charge in [0.2, 0.25) is 0 Å². The molecular formula is C77H124O6. The fourth-order valence-electron chi connectivity index (χ4n) is 8.97. The molecule has 1 atom stereocenters. The quantitative estimate of drug-likeness (QED) is 0.0261. The second kappa shape index (κ2) is 69.5. The maximum absolute atomic E-state index is 12.9. The van der Waals surface area contributed by atoms with Crippen LogP contribution in [0, 0.1) is 0 Å². The summed E-state index contributed by atoms with van der Waals surface area (Å²) >= 11 is 0. The molecule has 0 aromatic rings. The third kappa shape index (κ3) is 67.7. The highest BCUT2D eigenvalue weighted by Gasteiger charge is 2.19. The topological polar surface area (TPSA) is 78.9 Å². The van der Waals surface area contributed by atoms with Crippen molar-refractivity contribution in [3.63, 3.8) is 0 Å². The summed E-state index contributed by atoms with van der Waals surface area (Å²) in [5.41, 5.74) is 0. The van der Waals surface area contributed by atoms with Gasteiger partial charge in [-0.1, -0.05) is 281 Å². The molecule has 0 rings (SSSR count). The summed E-state index contributed by atoms with van der Waals surface area (Å²) in [4.78, 5) is 38.4. The van der Waals surface area contributed by atoms with Crippen molar-refractivity contribution in [2.75, 3.05) is 13.2 Å². The number of allylic oxidation sites excluding steroid dienone is 26. The Morgan fingerprint density at radius 1 is 0.253 bits per heavy atom. The monoisotopic (exact) mass is 1140 g/mol. The Balaban J connectivity index is 4.49. The van der Waals surface area contributed by atoms with Crippen LogP contribution in [0.1, 0.15) is 290 Å². The molecule has 468 valence electrons. The van der Waals surface area contributed by atoms with E-state index in [4.69, 9.17) is 14.2 Å². The maximum Gasteiger partial charge on any atom is 0.306 e. The second-order valence-electron chi connectivity index (χ2n) is 22.0. The molecule has 0 aromatic heterocycles. The molecule has 0 saturated carbocycles. The number of esters is 3. The first kappa shape index (κ1) is 78.0. The summed E-state index contributed by atoms with van der Waals surface area (Å²) in [6, 6.07) is 0. The van der Waals surface area contributed by atoms with E-state index >= 15 is 0 Å². The van der Waals surface area contributed by atoms with Crippen molar-refractivity contribution >= 4 is 17.9 Å². The average molecular weight is 1150 g/mol. The minimum Gasteiger partial charge on any atom is -0.462 e. The van der Waals surface area contributed by atoms with Crippen LogP contribution >= 0.6 is 0 Å². The molecule has 6 nitrogen and oxygen atoms in total. The molecule has 0 N–H and O–H groups in total. The molecule has 0 bridgehead atoms. The Kier molecular flexibility index (Phi) is 65.4. The molecule has 0 aromatic carbocycles. The van der Waals surface area contributed by atoms with Crippen LogP contribution < -0.4 is 0 Å². The predicted molar refractivity (Wildman–Crippen MR) is 362 cm³/mol. The minimum absolute atomic E-state index is 0.104. The van der Waals surface area contributed by atoms with Gasteiger partial charge in [0.05, 0.1) is 0 Å². The summed E-state index contributed by atoms with van der Waals surface area (Å²) < 4.78 is 16.9. The fraction of sp³-hybridized carbons (Fsp3) is 0.623. The lowest BCUT2D eigenvalue weighted by molar-refractivity contribution is -0.167. The van der Waals surface area contributed by atoms with Gasteiger partial charge in [-0.2, -0.15) is 0 Å². The third-order valence-corrected chi connectivity index (χ3v) is 14.0. The lowest BCUT2D eigenvalue weighted by Crippen LogP contribution is -2.30. The van der Waals surface area contributed by atoms with Gasteiger partial charge in [-0.15, -0.1) is 0 Å². The van der Waals surface area contributed by atoms with E-state index < -0.39 is 6.10 Å². The van der Waals surface area contributed by atoms with Crippen molar-refractivity contribution in [3.05, 3.63) is 158 Å². The molecule has 0 fully saturated rings. The van der Waals surface area contributed by atoms with Crippen molar-refractivity contribution < 1.29 is 28.6 Å². The Morgan fingerprint density at radius 3 is 0.759 bits per heavy atom. The SMILES string of the molecule is CC/C=C\C/C=C\C/C=C\C/C=C\C/C=C\C/C=C\C/C=C\CCCCCCCC(=O)OCC(COC(=O)CCCCCCCCCCC/C=C\CCCCCCCC)OC(=O)CCCCC/C=C\C/C=C\C/C=C\C/C=C\C/C=C\CC. The molecule has 0 spiro atoms. The Labute approximate surface area is 511 Å². The summed E-state index contributed by atoms with van der Waals surface area (Å²) in [6.45, 7) is 6.37. The zero-order valence-electron chi connectivity index (χ0n) is 53.7. The average Bonchev–Trinajstić information content (AvgIpc) is 3.50. The van der Waals surface area contributed by atoms with Gasteiger partial charge in [-0.3, -0.25) is 14.4 Å². The highest BCUT2D eigenvalue weighted by Crippen LogP contribution is 2.15. The van der Waals surface area contributed by atoms with Crippen LogP contribution in [-0.4, -0.2) is 37.2 Å². The van der Waals surface area contributed by atoms with Gasteiger partial charge in [0.25, 0.3) is 0 Å². The van der Waals surface area contributed by atoms with Crippen LogP contribution in [0.4, 0.5) is 0 Å². The summed E-state index contributed by atoms with van der Waals surface area (Å²) in [6.07, 6.45) is 101. The van der Waals surface area contributed by atoms with Gasteiger partial charge in [-0.25, -0.2) is 0 Å². The summed E-state index contributed by atoms with van der Waals surface area (Å²) in [7, 11) is 0. The second-order valence-corrected chi connectivity index (χ2v) is 22.0. The molecule has 0 aliphatic carbocycles. The highest BCUT2D eigenvalue weighted by atomic mass is 16.6. The number of carbonyl (C=O) groups is 3. The molecule has 1 unspecified atom stereocenters.